The molecule has 3 aromatic rings. The first-order chi connectivity index (χ1) is 12.6. The number of fused-ring (bicyclic) bond motifs is 1. The number of hydrogen-bond donors (Lipinski definition) is 1. The number of aryl methyl sites for hydroxylation is 1. The predicted molar refractivity (Wildman–Crippen MR) is 101 cm³/mol. The number of carbonyl (C=O) groups is 1. The molecular weight excluding hydrogens is 328 g/mol. The molecule has 5 nitrogen and oxygen atoms in total. The lowest BCUT2D eigenvalue weighted by Crippen LogP contribution is -2.45. The van der Waals surface area contributed by atoms with Crippen LogP contribution in [0, 0.1) is 6.92 Å². The number of aromatic nitrogens is 1. The standard InChI is InChI=1S/C21H22N2O3/c1-13-17-12-16(26-3)7-8-18(17)22-20(13)21(24)23-10-9-19(23)14-5-4-6-15(11-14)25-2/h4-8,11-12,19,22H,9-10H2,1-3H3/t19-/m1/s1. The Hall–Kier alpha value is -2.95. The third kappa shape index (κ3) is 2.60. The van der Waals surface area contributed by atoms with Crippen LogP contribution in [0.5, 0.6) is 11.5 Å². The second-order valence-electron chi connectivity index (χ2n) is 6.62. The zero-order valence-corrected chi connectivity index (χ0v) is 15.2. The first-order valence-electron chi connectivity index (χ1n) is 8.73. The number of nitrogens with one attached hydrogen (secondary N) is 1. The first kappa shape index (κ1) is 16.5. The lowest BCUT2D eigenvalue weighted by Gasteiger charge is -2.41. The fourth-order valence-electron chi connectivity index (χ4n) is 3.62. The largest absolute Gasteiger partial charge is 0.497 e. The van der Waals surface area contributed by atoms with Crippen LogP contribution in [0.25, 0.3) is 10.9 Å². The summed E-state index contributed by atoms with van der Waals surface area (Å²) in [6, 6.07) is 13.9. The summed E-state index contributed by atoms with van der Waals surface area (Å²) < 4.78 is 10.6. The number of nitrogens with zero attached hydrogens (tertiary/aromatic N) is 1. The van der Waals surface area contributed by atoms with E-state index in [1.807, 2.05) is 48.2 Å². The molecule has 1 aliphatic heterocycles. The number of hydrogen-bond acceptors (Lipinski definition) is 3. The zero-order chi connectivity index (χ0) is 18.3. The van der Waals surface area contributed by atoms with Crippen LogP contribution < -0.4 is 9.47 Å². The van der Waals surface area contributed by atoms with Crippen LogP contribution in [-0.4, -0.2) is 36.6 Å². The van der Waals surface area contributed by atoms with Gasteiger partial charge in [0.1, 0.15) is 17.2 Å². The Morgan fingerprint density at radius 2 is 1.88 bits per heavy atom. The molecule has 1 amide bonds. The Kier molecular flexibility index (Phi) is 4.07. The van der Waals surface area contributed by atoms with Crippen molar-refractivity contribution < 1.29 is 14.3 Å². The molecule has 0 unspecified atom stereocenters. The van der Waals surface area contributed by atoms with Crippen LogP contribution in [0.4, 0.5) is 0 Å². The molecule has 2 aromatic carbocycles. The van der Waals surface area contributed by atoms with Gasteiger partial charge in [0, 0.05) is 17.4 Å². The van der Waals surface area contributed by atoms with Crippen LogP contribution >= 0.6 is 0 Å². The molecule has 0 bridgehead atoms. The van der Waals surface area contributed by atoms with Crippen molar-refractivity contribution in [2.75, 3.05) is 20.8 Å². The molecule has 5 heteroatoms. The Bertz CT molecular complexity index is 977. The quantitative estimate of drug-likeness (QED) is 0.771. The number of likely N-dealkylation sites (tertiary alicyclic amines) is 1. The molecule has 1 fully saturated rings. The van der Waals surface area contributed by atoms with Gasteiger partial charge in [0.15, 0.2) is 0 Å². The van der Waals surface area contributed by atoms with Crippen molar-refractivity contribution in [2.24, 2.45) is 0 Å². The number of amides is 1. The van der Waals surface area contributed by atoms with Crippen molar-refractivity contribution in [3.8, 4) is 11.5 Å². The Labute approximate surface area is 152 Å². The molecule has 4 rings (SSSR count). The number of H-pyrrole nitrogens is 1. The Morgan fingerprint density at radius 3 is 2.58 bits per heavy atom. The van der Waals surface area contributed by atoms with Gasteiger partial charge >= 0.3 is 0 Å². The molecule has 1 saturated heterocycles. The average Bonchev–Trinajstić information content (AvgIpc) is 2.97. The van der Waals surface area contributed by atoms with E-state index in [0.717, 1.165) is 46.5 Å². The Morgan fingerprint density at radius 1 is 1.12 bits per heavy atom. The fourth-order valence-corrected chi connectivity index (χ4v) is 3.62. The minimum atomic E-state index is 0.0386. The molecule has 26 heavy (non-hydrogen) atoms. The fraction of sp³-hybridized carbons (Fsp3) is 0.286. The van der Waals surface area contributed by atoms with E-state index in [1.165, 1.54) is 0 Å². The van der Waals surface area contributed by atoms with Gasteiger partial charge in [-0.2, -0.15) is 0 Å². The summed E-state index contributed by atoms with van der Waals surface area (Å²) in [4.78, 5) is 18.3. The van der Waals surface area contributed by atoms with E-state index in [9.17, 15) is 4.79 Å². The van der Waals surface area contributed by atoms with Crippen LogP contribution in [0.1, 0.15) is 34.1 Å². The highest BCUT2D eigenvalue weighted by Gasteiger charge is 2.35. The van der Waals surface area contributed by atoms with Crippen molar-refractivity contribution >= 4 is 16.8 Å². The number of rotatable bonds is 4. The van der Waals surface area contributed by atoms with E-state index in [4.69, 9.17) is 9.47 Å². The summed E-state index contributed by atoms with van der Waals surface area (Å²) in [5.74, 6) is 1.64. The summed E-state index contributed by atoms with van der Waals surface area (Å²) in [5, 5.41) is 1.02. The summed E-state index contributed by atoms with van der Waals surface area (Å²) in [6.45, 7) is 2.74. The first-order valence-corrected chi connectivity index (χ1v) is 8.73. The predicted octanol–water partition coefficient (Wildman–Crippen LogP) is 4.08. The molecule has 1 aromatic heterocycles. The molecule has 0 saturated carbocycles. The highest BCUT2D eigenvalue weighted by molar-refractivity contribution is 6.01. The van der Waals surface area contributed by atoms with Crippen LogP contribution in [-0.2, 0) is 0 Å². The van der Waals surface area contributed by atoms with Gasteiger partial charge < -0.3 is 19.4 Å². The monoisotopic (exact) mass is 350 g/mol. The maximum absolute atomic E-state index is 13.1. The number of carbonyl (C=O) groups excluding carboxylic acids is 1. The van der Waals surface area contributed by atoms with Crippen molar-refractivity contribution in [3.63, 3.8) is 0 Å². The van der Waals surface area contributed by atoms with E-state index in [2.05, 4.69) is 11.1 Å². The highest BCUT2D eigenvalue weighted by atomic mass is 16.5. The number of aromatic amines is 1. The van der Waals surface area contributed by atoms with Crippen LogP contribution in [0.3, 0.4) is 0 Å². The number of benzene rings is 2. The minimum absolute atomic E-state index is 0.0386. The molecular formula is C21H22N2O3. The van der Waals surface area contributed by atoms with Gasteiger partial charge in [0.05, 0.1) is 20.3 Å². The van der Waals surface area contributed by atoms with E-state index < -0.39 is 0 Å². The third-order valence-electron chi connectivity index (χ3n) is 5.24. The maximum Gasteiger partial charge on any atom is 0.271 e. The van der Waals surface area contributed by atoms with Gasteiger partial charge in [-0.05, 0) is 54.8 Å². The highest BCUT2D eigenvalue weighted by Crippen LogP contribution is 2.37. The summed E-state index contributed by atoms with van der Waals surface area (Å²) >= 11 is 0. The lowest BCUT2D eigenvalue weighted by atomic mass is 9.93. The molecule has 1 aliphatic rings. The van der Waals surface area contributed by atoms with Crippen molar-refractivity contribution in [2.45, 2.75) is 19.4 Å². The van der Waals surface area contributed by atoms with Gasteiger partial charge in [-0.15, -0.1) is 0 Å². The normalized spacial score (nSPS) is 16.4. The molecule has 0 radical (unpaired) electrons. The van der Waals surface area contributed by atoms with E-state index in [-0.39, 0.29) is 11.9 Å². The van der Waals surface area contributed by atoms with E-state index in [1.54, 1.807) is 14.2 Å². The topological polar surface area (TPSA) is 54.6 Å². The molecule has 134 valence electrons. The van der Waals surface area contributed by atoms with Gasteiger partial charge in [0.2, 0.25) is 0 Å². The zero-order valence-electron chi connectivity index (χ0n) is 15.2. The third-order valence-corrected chi connectivity index (χ3v) is 5.24. The van der Waals surface area contributed by atoms with E-state index in [0.29, 0.717) is 5.69 Å². The van der Waals surface area contributed by atoms with Crippen LogP contribution in [0.2, 0.25) is 0 Å². The Balaban J connectivity index is 1.65. The smallest absolute Gasteiger partial charge is 0.271 e. The van der Waals surface area contributed by atoms with Crippen molar-refractivity contribution in [1.29, 1.82) is 0 Å². The maximum atomic E-state index is 13.1. The SMILES string of the molecule is COc1cccc([C@H]2CCN2C(=O)c2[nH]c3ccc(OC)cc3c2C)c1. The van der Waals surface area contributed by atoms with Crippen molar-refractivity contribution in [1.82, 2.24) is 9.88 Å². The minimum Gasteiger partial charge on any atom is -0.497 e. The summed E-state index contributed by atoms with van der Waals surface area (Å²) in [7, 11) is 3.30. The molecule has 0 aliphatic carbocycles. The van der Waals surface area contributed by atoms with Gasteiger partial charge in [0.25, 0.3) is 5.91 Å². The second-order valence-corrected chi connectivity index (χ2v) is 6.62. The molecule has 1 atom stereocenters. The second kappa shape index (κ2) is 6.41. The van der Waals surface area contributed by atoms with Gasteiger partial charge in [-0.3, -0.25) is 4.79 Å². The lowest BCUT2D eigenvalue weighted by molar-refractivity contribution is 0.0454. The molecule has 1 N–H and O–H groups in total. The van der Waals surface area contributed by atoms with Gasteiger partial charge in [-0.1, -0.05) is 12.1 Å². The number of ether oxygens (including phenoxy) is 2. The summed E-state index contributed by atoms with van der Waals surface area (Å²) in [6.07, 6.45) is 0.964. The van der Waals surface area contributed by atoms with Crippen LogP contribution in [0.15, 0.2) is 42.5 Å². The van der Waals surface area contributed by atoms with E-state index >= 15 is 0 Å². The molecule has 2 heterocycles. The molecule has 0 spiro atoms. The number of methoxy groups -OCH3 is 2. The van der Waals surface area contributed by atoms with Gasteiger partial charge in [-0.25, -0.2) is 0 Å². The summed E-state index contributed by atoms with van der Waals surface area (Å²) in [5.41, 5.74) is 3.67. The van der Waals surface area contributed by atoms with Crippen molar-refractivity contribution in [3.05, 3.63) is 59.3 Å². The average molecular weight is 350 g/mol.